The molecule has 3 aromatic heterocycles. The number of hydrogen-bond donors (Lipinski definition) is 0. The van der Waals surface area contributed by atoms with Gasteiger partial charge in [-0.3, -0.25) is 0 Å². The number of rotatable bonds is 7. The van der Waals surface area contributed by atoms with Gasteiger partial charge in [-0.1, -0.05) is 176 Å². The highest BCUT2D eigenvalue weighted by atomic mass is 16.3. The molecular weight excluding hydrogens is 877 g/mol. The van der Waals surface area contributed by atoms with Gasteiger partial charge in [0.05, 0.1) is 22.1 Å². The van der Waals surface area contributed by atoms with Crippen molar-refractivity contribution in [1.82, 2.24) is 4.57 Å². The Morgan fingerprint density at radius 1 is 0.306 bits per heavy atom. The van der Waals surface area contributed by atoms with Gasteiger partial charge in [-0.2, -0.15) is 0 Å². The maximum absolute atomic E-state index is 7.02. The molecule has 0 atom stereocenters. The third-order valence-corrected chi connectivity index (χ3v) is 14.8. The lowest BCUT2D eigenvalue weighted by molar-refractivity contribution is 0.669. The Morgan fingerprint density at radius 3 is 1.56 bits per heavy atom. The number of aromatic nitrogens is 1. The molecule has 15 aromatic rings. The zero-order valence-corrected chi connectivity index (χ0v) is 39.0. The first-order valence-electron chi connectivity index (χ1n) is 24.6. The first kappa shape index (κ1) is 40.3. The van der Waals surface area contributed by atoms with E-state index in [4.69, 9.17) is 8.83 Å². The molecule has 0 aliphatic carbocycles. The maximum atomic E-state index is 7.02. The fourth-order valence-electron chi connectivity index (χ4n) is 11.5. The lowest BCUT2D eigenvalue weighted by atomic mass is 9.93. The summed E-state index contributed by atoms with van der Waals surface area (Å²) in [6.07, 6.45) is 0. The van der Waals surface area contributed by atoms with Gasteiger partial charge in [0.15, 0.2) is 0 Å². The Labute approximate surface area is 414 Å². The van der Waals surface area contributed by atoms with Crippen LogP contribution in [0.1, 0.15) is 0 Å². The molecule has 15 rings (SSSR count). The first-order valence-corrected chi connectivity index (χ1v) is 24.6. The summed E-state index contributed by atoms with van der Waals surface area (Å²) in [5.74, 6) is 0. The Balaban J connectivity index is 0.917. The highest BCUT2D eigenvalue weighted by molar-refractivity contribution is 6.18. The summed E-state index contributed by atoms with van der Waals surface area (Å²) >= 11 is 0. The van der Waals surface area contributed by atoms with E-state index in [2.05, 4.69) is 252 Å². The lowest BCUT2D eigenvalue weighted by Crippen LogP contribution is -2.10. The van der Waals surface area contributed by atoms with Crippen LogP contribution < -0.4 is 4.90 Å². The van der Waals surface area contributed by atoms with Crippen molar-refractivity contribution in [3.05, 3.63) is 255 Å². The molecule has 0 aliphatic heterocycles. The van der Waals surface area contributed by atoms with Gasteiger partial charge < -0.3 is 18.3 Å². The number of benzene rings is 12. The number of nitrogens with zero attached hydrogens (tertiary/aromatic N) is 2. The number of para-hydroxylation sites is 5. The van der Waals surface area contributed by atoms with E-state index >= 15 is 0 Å². The average Bonchev–Trinajstić information content (AvgIpc) is 4.14. The van der Waals surface area contributed by atoms with E-state index in [1.54, 1.807) is 0 Å². The van der Waals surface area contributed by atoms with Crippen LogP contribution in [0, 0.1) is 0 Å². The summed E-state index contributed by atoms with van der Waals surface area (Å²) in [6, 6.07) is 91.6. The van der Waals surface area contributed by atoms with E-state index in [9.17, 15) is 0 Å². The third kappa shape index (κ3) is 6.19. The fraction of sp³-hybridized carbons (Fsp3) is 0. The van der Waals surface area contributed by atoms with Crippen molar-refractivity contribution < 1.29 is 8.83 Å². The molecule has 12 aromatic carbocycles. The van der Waals surface area contributed by atoms with Crippen molar-refractivity contribution in [2.45, 2.75) is 0 Å². The minimum atomic E-state index is 0.838. The monoisotopic (exact) mass is 918 g/mol. The minimum Gasteiger partial charge on any atom is -0.455 e. The van der Waals surface area contributed by atoms with Gasteiger partial charge in [0, 0.05) is 55.1 Å². The van der Waals surface area contributed by atoms with Gasteiger partial charge >= 0.3 is 0 Å². The third-order valence-electron chi connectivity index (χ3n) is 14.8. The summed E-state index contributed by atoms with van der Waals surface area (Å²) in [5, 5.41) is 11.8. The molecule has 0 saturated carbocycles. The summed E-state index contributed by atoms with van der Waals surface area (Å²) in [6.45, 7) is 0. The molecule has 0 amide bonds. The second-order valence-electron chi connectivity index (χ2n) is 18.8. The Kier molecular flexibility index (Phi) is 8.92. The Morgan fingerprint density at radius 2 is 0.833 bits per heavy atom. The second-order valence-corrected chi connectivity index (χ2v) is 18.8. The van der Waals surface area contributed by atoms with Crippen LogP contribution in [0.2, 0.25) is 0 Å². The van der Waals surface area contributed by atoms with Gasteiger partial charge in [0.2, 0.25) is 0 Å². The van der Waals surface area contributed by atoms with Crippen molar-refractivity contribution in [3.8, 4) is 39.1 Å². The number of furan rings is 2. The predicted octanol–water partition coefficient (Wildman–Crippen LogP) is 19.4. The molecule has 0 saturated heterocycles. The smallest absolute Gasteiger partial charge is 0.145 e. The van der Waals surface area contributed by atoms with Crippen LogP contribution in [0.5, 0.6) is 0 Å². The van der Waals surface area contributed by atoms with Crippen molar-refractivity contribution in [1.29, 1.82) is 0 Å². The quantitative estimate of drug-likeness (QED) is 0.149. The molecule has 0 N–H and O–H groups in total. The number of hydrogen-bond acceptors (Lipinski definition) is 3. The number of fused-ring (bicyclic) bond motifs is 12. The Hall–Kier alpha value is -9.64. The van der Waals surface area contributed by atoms with E-state index < -0.39 is 0 Å². The van der Waals surface area contributed by atoms with Crippen LogP contribution in [0.15, 0.2) is 264 Å². The van der Waals surface area contributed by atoms with Crippen LogP contribution in [0.25, 0.3) is 126 Å². The van der Waals surface area contributed by atoms with Gasteiger partial charge in [0.1, 0.15) is 22.3 Å². The molecule has 4 heteroatoms. The molecule has 0 unspecified atom stereocenters. The van der Waals surface area contributed by atoms with E-state index in [1.165, 1.54) is 48.9 Å². The molecule has 336 valence electrons. The van der Waals surface area contributed by atoms with Crippen LogP contribution in [-0.2, 0) is 0 Å². The molecular formula is C68H42N2O2. The summed E-state index contributed by atoms with van der Waals surface area (Å²) in [4.78, 5) is 2.39. The summed E-state index contributed by atoms with van der Waals surface area (Å²) in [5.41, 5.74) is 16.6. The van der Waals surface area contributed by atoms with Crippen molar-refractivity contribution in [3.63, 3.8) is 0 Å². The fourth-order valence-corrected chi connectivity index (χ4v) is 11.5. The molecule has 0 bridgehead atoms. The van der Waals surface area contributed by atoms with Gasteiger partial charge in [-0.25, -0.2) is 0 Å². The molecule has 4 nitrogen and oxygen atoms in total. The number of anilines is 3. The van der Waals surface area contributed by atoms with E-state index in [1.807, 2.05) is 12.1 Å². The zero-order chi connectivity index (χ0) is 47.3. The van der Waals surface area contributed by atoms with Gasteiger partial charge in [0.25, 0.3) is 0 Å². The molecule has 0 spiro atoms. The molecule has 3 heterocycles. The largest absolute Gasteiger partial charge is 0.455 e. The molecule has 0 radical (unpaired) electrons. The standard InChI is InChI=1S/C68H42N2O2/c1-2-18-50-46(15-1)42-60(54-20-4-3-19-53(50)54)44-33-37-48(38-34-44)69(47-35-31-43(32-36-47)51-25-14-26-58-57-23-7-11-29-64(57)71-67(51)58)63-40-39-52(68-66(63)59-24-8-12-30-65(59)72-68)45-16-13-17-49(41-45)70-61-27-9-5-21-55(61)56-22-6-10-28-62(56)70/h1-42H. The van der Waals surface area contributed by atoms with E-state index in [0.29, 0.717) is 0 Å². The normalized spacial score (nSPS) is 11.9. The highest BCUT2D eigenvalue weighted by Gasteiger charge is 2.24. The van der Waals surface area contributed by atoms with E-state index in [0.717, 1.165) is 94.4 Å². The predicted molar refractivity (Wildman–Crippen MR) is 301 cm³/mol. The summed E-state index contributed by atoms with van der Waals surface area (Å²) in [7, 11) is 0. The lowest BCUT2D eigenvalue weighted by Gasteiger charge is -2.27. The van der Waals surface area contributed by atoms with Crippen molar-refractivity contribution in [2.24, 2.45) is 0 Å². The molecule has 0 fully saturated rings. The first-order chi connectivity index (χ1) is 35.7. The van der Waals surface area contributed by atoms with Crippen LogP contribution in [0.4, 0.5) is 17.1 Å². The average molecular weight is 919 g/mol. The minimum absolute atomic E-state index is 0.838. The maximum Gasteiger partial charge on any atom is 0.145 e. The van der Waals surface area contributed by atoms with Crippen LogP contribution in [0.3, 0.4) is 0 Å². The molecule has 0 aliphatic rings. The van der Waals surface area contributed by atoms with Crippen molar-refractivity contribution >= 4 is 104 Å². The molecule has 72 heavy (non-hydrogen) atoms. The Bertz CT molecular complexity index is 4580. The SMILES string of the molecule is c1cc(-c2ccc(N(c3ccc(-c4cc5ccccc5c5ccccc45)cc3)c3ccc(-c4cccc5c4oc4ccccc45)cc3)c3c2oc2ccccc23)cc(-n2c3ccccc3c3ccccc32)c1. The summed E-state index contributed by atoms with van der Waals surface area (Å²) < 4.78 is 15.9. The van der Waals surface area contributed by atoms with Crippen LogP contribution >= 0.6 is 0 Å². The highest BCUT2D eigenvalue weighted by Crippen LogP contribution is 2.48. The van der Waals surface area contributed by atoms with Crippen LogP contribution in [-0.4, -0.2) is 4.57 Å². The second kappa shape index (κ2) is 16.0. The van der Waals surface area contributed by atoms with Crippen molar-refractivity contribution in [2.75, 3.05) is 4.90 Å². The van der Waals surface area contributed by atoms with Gasteiger partial charge in [-0.15, -0.1) is 0 Å². The van der Waals surface area contributed by atoms with Gasteiger partial charge in [-0.05, 0) is 123 Å². The zero-order valence-electron chi connectivity index (χ0n) is 39.0. The van der Waals surface area contributed by atoms with E-state index in [-0.39, 0.29) is 0 Å². The topological polar surface area (TPSA) is 34.5 Å².